The number of hydrogen-bond donors (Lipinski definition) is 0. The molecule has 0 bridgehead atoms. The first-order valence-corrected chi connectivity index (χ1v) is 7.10. The molecule has 2 aromatic carbocycles. The van der Waals surface area contributed by atoms with E-state index < -0.39 is 0 Å². The van der Waals surface area contributed by atoms with Crippen LogP contribution in [0.3, 0.4) is 0 Å². The first kappa shape index (κ1) is 11.3. The number of benzene rings is 2. The van der Waals surface area contributed by atoms with Gasteiger partial charge in [-0.1, -0.05) is 48.5 Å². The van der Waals surface area contributed by atoms with Gasteiger partial charge in [0, 0.05) is 15.8 Å². The van der Waals surface area contributed by atoms with Crippen molar-refractivity contribution in [3.05, 3.63) is 60.7 Å². The summed E-state index contributed by atoms with van der Waals surface area (Å²) in [7, 11) is 0. The lowest BCUT2D eigenvalue weighted by Crippen LogP contribution is -1.88. The molecule has 0 saturated heterocycles. The van der Waals surface area contributed by atoms with E-state index in [0.29, 0.717) is 0 Å². The summed E-state index contributed by atoms with van der Waals surface area (Å²) in [5.74, 6) is 0. The van der Waals surface area contributed by atoms with Crippen molar-refractivity contribution in [3.8, 4) is 11.3 Å². The lowest BCUT2D eigenvalue weighted by molar-refractivity contribution is 1.30. The fourth-order valence-corrected chi connectivity index (χ4v) is 2.66. The molecule has 0 saturated carbocycles. The second-order valence-corrected chi connectivity index (χ2v) is 4.95. The third-order valence-electron chi connectivity index (χ3n) is 2.96. The predicted octanol–water partition coefficient (Wildman–Crippen LogP) is 4.62. The molecular weight excluding hydrogens is 238 g/mol. The number of rotatable bonds is 2. The summed E-state index contributed by atoms with van der Waals surface area (Å²) in [5, 5.41) is 1.20. The van der Waals surface area contributed by atoms with E-state index in [0.717, 1.165) is 11.2 Å². The van der Waals surface area contributed by atoms with Crippen LogP contribution >= 0.6 is 11.8 Å². The van der Waals surface area contributed by atoms with Crippen LogP contribution in [0.2, 0.25) is 0 Å². The molecule has 0 aliphatic rings. The van der Waals surface area contributed by atoms with Crippen LogP contribution in [0.5, 0.6) is 0 Å². The highest BCUT2D eigenvalue weighted by Gasteiger charge is 2.07. The van der Waals surface area contributed by atoms with Crippen molar-refractivity contribution in [3.63, 3.8) is 0 Å². The van der Waals surface area contributed by atoms with E-state index in [4.69, 9.17) is 4.98 Å². The van der Waals surface area contributed by atoms with E-state index in [1.54, 1.807) is 11.8 Å². The van der Waals surface area contributed by atoms with Gasteiger partial charge < -0.3 is 0 Å². The molecule has 3 rings (SSSR count). The van der Waals surface area contributed by atoms with E-state index in [9.17, 15) is 0 Å². The standard InChI is InChI=1S/C16H13NS/c1-18-15-11-13-9-5-6-10-14(13)17-16(15)12-7-3-2-4-8-12/h2-11H,1H3. The molecule has 0 amide bonds. The van der Waals surface area contributed by atoms with Gasteiger partial charge in [-0.3, -0.25) is 0 Å². The highest BCUT2D eigenvalue weighted by molar-refractivity contribution is 7.98. The number of hydrogen-bond acceptors (Lipinski definition) is 2. The third kappa shape index (κ3) is 2.00. The smallest absolute Gasteiger partial charge is 0.0845 e. The number of nitrogens with zero attached hydrogens (tertiary/aromatic N) is 1. The van der Waals surface area contributed by atoms with Crippen molar-refractivity contribution < 1.29 is 0 Å². The van der Waals surface area contributed by atoms with E-state index in [2.05, 4.69) is 54.8 Å². The first-order chi connectivity index (χ1) is 8.88. The first-order valence-electron chi connectivity index (χ1n) is 5.87. The highest BCUT2D eigenvalue weighted by Crippen LogP contribution is 2.31. The van der Waals surface area contributed by atoms with Gasteiger partial charge in [-0.15, -0.1) is 11.8 Å². The second kappa shape index (κ2) is 4.83. The molecule has 0 radical (unpaired) electrons. The second-order valence-electron chi connectivity index (χ2n) is 4.10. The van der Waals surface area contributed by atoms with E-state index in [-0.39, 0.29) is 0 Å². The van der Waals surface area contributed by atoms with Crippen LogP contribution in [0, 0.1) is 0 Å². The predicted molar refractivity (Wildman–Crippen MR) is 79.0 cm³/mol. The molecule has 88 valence electrons. The summed E-state index contributed by atoms with van der Waals surface area (Å²) < 4.78 is 0. The lowest BCUT2D eigenvalue weighted by Gasteiger charge is -2.08. The number of para-hydroxylation sites is 1. The van der Waals surface area contributed by atoms with Crippen LogP contribution < -0.4 is 0 Å². The zero-order valence-electron chi connectivity index (χ0n) is 10.1. The van der Waals surface area contributed by atoms with Gasteiger partial charge in [-0.2, -0.15) is 0 Å². The molecule has 1 aromatic heterocycles. The van der Waals surface area contributed by atoms with Crippen LogP contribution in [0.1, 0.15) is 0 Å². The molecule has 0 unspecified atom stereocenters. The molecule has 0 aliphatic carbocycles. The van der Waals surface area contributed by atoms with Crippen molar-refractivity contribution in [2.75, 3.05) is 6.26 Å². The number of pyridine rings is 1. The summed E-state index contributed by atoms with van der Waals surface area (Å²) in [6.45, 7) is 0. The molecule has 0 fully saturated rings. The van der Waals surface area contributed by atoms with E-state index in [1.165, 1.54) is 15.8 Å². The lowest BCUT2D eigenvalue weighted by atomic mass is 10.1. The average molecular weight is 251 g/mol. The monoisotopic (exact) mass is 251 g/mol. The zero-order chi connectivity index (χ0) is 12.4. The Morgan fingerprint density at radius 2 is 1.61 bits per heavy atom. The Labute approximate surface area is 111 Å². The Morgan fingerprint density at radius 3 is 2.39 bits per heavy atom. The third-order valence-corrected chi connectivity index (χ3v) is 3.71. The molecule has 0 spiro atoms. The van der Waals surface area contributed by atoms with Gasteiger partial charge in [0.2, 0.25) is 0 Å². The van der Waals surface area contributed by atoms with Crippen molar-refractivity contribution in [2.45, 2.75) is 4.90 Å². The number of thioether (sulfide) groups is 1. The largest absolute Gasteiger partial charge is 0.247 e. The summed E-state index contributed by atoms with van der Waals surface area (Å²) in [6, 6.07) is 20.8. The van der Waals surface area contributed by atoms with Crippen molar-refractivity contribution in [2.24, 2.45) is 0 Å². The molecular formula is C16H13NS. The summed E-state index contributed by atoms with van der Waals surface area (Å²) in [6.07, 6.45) is 2.10. The van der Waals surface area contributed by atoms with Gasteiger partial charge in [0.05, 0.1) is 11.2 Å². The maximum atomic E-state index is 4.80. The van der Waals surface area contributed by atoms with Crippen LogP contribution in [0.25, 0.3) is 22.2 Å². The van der Waals surface area contributed by atoms with Crippen molar-refractivity contribution in [1.29, 1.82) is 0 Å². The molecule has 3 aromatic rings. The van der Waals surface area contributed by atoms with E-state index >= 15 is 0 Å². The fraction of sp³-hybridized carbons (Fsp3) is 0.0625. The Hall–Kier alpha value is -1.80. The average Bonchev–Trinajstić information content (AvgIpc) is 2.46. The Morgan fingerprint density at radius 1 is 0.889 bits per heavy atom. The molecule has 18 heavy (non-hydrogen) atoms. The molecule has 1 nitrogen and oxygen atoms in total. The van der Waals surface area contributed by atoms with Crippen LogP contribution in [0.15, 0.2) is 65.6 Å². The Balaban J connectivity index is 2.27. The summed E-state index contributed by atoms with van der Waals surface area (Å²) >= 11 is 1.74. The normalized spacial score (nSPS) is 10.7. The van der Waals surface area contributed by atoms with Crippen LogP contribution in [0.4, 0.5) is 0 Å². The fourth-order valence-electron chi connectivity index (χ4n) is 2.05. The zero-order valence-corrected chi connectivity index (χ0v) is 10.9. The van der Waals surface area contributed by atoms with Gasteiger partial charge in [0.25, 0.3) is 0 Å². The number of aromatic nitrogens is 1. The van der Waals surface area contributed by atoms with E-state index in [1.807, 2.05) is 12.1 Å². The Kier molecular flexibility index (Phi) is 3.03. The van der Waals surface area contributed by atoms with Gasteiger partial charge in [0.1, 0.15) is 0 Å². The number of fused-ring (bicyclic) bond motifs is 1. The molecule has 0 N–H and O–H groups in total. The van der Waals surface area contributed by atoms with Crippen LogP contribution in [-0.4, -0.2) is 11.2 Å². The van der Waals surface area contributed by atoms with Gasteiger partial charge in [0.15, 0.2) is 0 Å². The Bertz CT molecular complexity index is 677. The molecule has 1 heterocycles. The van der Waals surface area contributed by atoms with Crippen LogP contribution in [-0.2, 0) is 0 Å². The molecule has 0 atom stereocenters. The maximum absolute atomic E-state index is 4.80. The quantitative estimate of drug-likeness (QED) is 0.616. The van der Waals surface area contributed by atoms with Gasteiger partial charge in [-0.05, 0) is 18.4 Å². The molecule has 0 aliphatic heterocycles. The minimum absolute atomic E-state index is 1.05. The topological polar surface area (TPSA) is 12.9 Å². The van der Waals surface area contributed by atoms with Crippen molar-refractivity contribution >= 4 is 22.7 Å². The SMILES string of the molecule is CSc1cc2ccccc2nc1-c1ccccc1. The molecule has 2 heteroatoms. The minimum Gasteiger partial charge on any atom is -0.247 e. The van der Waals surface area contributed by atoms with Gasteiger partial charge >= 0.3 is 0 Å². The van der Waals surface area contributed by atoms with Crippen molar-refractivity contribution in [1.82, 2.24) is 4.98 Å². The summed E-state index contributed by atoms with van der Waals surface area (Å²) in [5.41, 5.74) is 3.29. The van der Waals surface area contributed by atoms with Gasteiger partial charge in [-0.25, -0.2) is 4.98 Å². The minimum atomic E-state index is 1.05. The maximum Gasteiger partial charge on any atom is 0.0845 e. The highest BCUT2D eigenvalue weighted by atomic mass is 32.2. The summed E-state index contributed by atoms with van der Waals surface area (Å²) in [4.78, 5) is 6.02.